The maximum absolute atomic E-state index is 12.2. The van der Waals surface area contributed by atoms with Gasteiger partial charge in [0.05, 0.1) is 12.1 Å². The molecule has 0 aliphatic rings. The molecule has 0 spiro atoms. The van der Waals surface area contributed by atoms with E-state index in [2.05, 4.69) is 5.32 Å². The number of nitrogens with one attached hydrogen (secondary N) is 1. The van der Waals surface area contributed by atoms with Gasteiger partial charge in [0.2, 0.25) is 5.91 Å². The van der Waals surface area contributed by atoms with E-state index in [0.29, 0.717) is 6.42 Å². The van der Waals surface area contributed by atoms with Gasteiger partial charge < -0.3 is 16.2 Å². The molecule has 4 N–H and O–H groups in total. The molecule has 0 radical (unpaired) electrons. The van der Waals surface area contributed by atoms with Crippen LogP contribution in [0.2, 0.25) is 0 Å². The van der Waals surface area contributed by atoms with Crippen molar-refractivity contribution in [3.05, 3.63) is 35.9 Å². The minimum absolute atomic E-state index is 0.00158. The van der Waals surface area contributed by atoms with E-state index >= 15 is 0 Å². The second-order valence-corrected chi connectivity index (χ2v) is 5.32. The molecule has 0 saturated carbocycles. The summed E-state index contributed by atoms with van der Waals surface area (Å²) in [6.07, 6.45) is 1.16. The summed E-state index contributed by atoms with van der Waals surface area (Å²) in [7, 11) is 0. The van der Waals surface area contributed by atoms with Gasteiger partial charge in [-0.2, -0.15) is 0 Å². The van der Waals surface area contributed by atoms with E-state index in [1.807, 2.05) is 44.2 Å². The van der Waals surface area contributed by atoms with Crippen LogP contribution in [-0.2, 0) is 9.59 Å². The number of hydrogen-bond donors (Lipinski definition) is 3. The fraction of sp³-hybridized carbons (Fsp3) is 0.500. The van der Waals surface area contributed by atoms with Crippen molar-refractivity contribution >= 4 is 11.9 Å². The van der Waals surface area contributed by atoms with Crippen LogP contribution in [0.3, 0.4) is 0 Å². The van der Waals surface area contributed by atoms with Gasteiger partial charge in [-0.15, -0.1) is 0 Å². The Bertz CT molecular complexity index is 462. The number of carboxylic acid groups (broad SMARTS) is 1. The highest BCUT2D eigenvalue weighted by Crippen LogP contribution is 2.19. The lowest BCUT2D eigenvalue weighted by Gasteiger charge is -2.23. The first-order chi connectivity index (χ1) is 9.95. The van der Waals surface area contributed by atoms with Crippen molar-refractivity contribution in [2.45, 2.75) is 45.2 Å². The van der Waals surface area contributed by atoms with Gasteiger partial charge in [0.25, 0.3) is 0 Å². The molecule has 1 aromatic carbocycles. The van der Waals surface area contributed by atoms with Gasteiger partial charge in [0, 0.05) is 6.42 Å². The SMILES string of the molecule is CCC(C)C(N)C(=O)NC(CCC(=O)O)c1ccccc1. The van der Waals surface area contributed by atoms with E-state index in [-0.39, 0.29) is 24.3 Å². The van der Waals surface area contributed by atoms with E-state index in [0.717, 1.165) is 12.0 Å². The van der Waals surface area contributed by atoms with Gasteiger partial charge in [-0.3, -0.25) is 9.59 Å². The van der Waals surface area contributed by atoms with Crippen LogP contribution in [0, 0.1) is 5.92 Å². The smallest absolute Gasteiger partial charge is 0.303 e. The molecule has 0 heterocycles. The standard InChI is InChI=1S/C16H24N2O3/c1-3-11(2)15(17)16(21)18-13(9-10-14(19)20)12-7-5-4-6-8-12/h4-8,11,13,15H,3,9-10,17H2,1-2H3,(H,18,21)(H,19,20). The van der Waals surface area contributed by atoms with Gasteiger partial charge in [0.1, 0.15) is 0 Å². The second kappa shape index (κ2) is 8.42. The summed E-state index contributed by atoms with van der Waals surface area (Å²) in [5.41, 5.74) is 6.82. The molecule has 116 valence electrons. The molecule has 0 bridgehead atoms. The van der Waals surface area contributed by atoms with Gasteiger partial charge in [-0.1, -0.05) is 50.6 Å². The maximum Gasteiger partial charge on any atom is 0.303 e. The Morgan fingerprint density at radius 3 is 2.43 bits per heavy atom. The molecule has 5 nitrogen and oxygen atoms in total. The van der Waals surface area contributed by atoms with Crippen LogP contribution in [-0.4, -0.2) is 23.0 Å². The molecule has 1 aromatic rings. The molecule has 3 atom stereocenters. The Morgan fingerprint density at radius 2 is 1.90 bits per heavy atom. The van der Waals surface area contributed by atoms with Gasteiger partial charge in [-0.05, 0) is 17.9 Å². The van der Waals surface area contributed by atoms with Gasteiger partial charge >= 0.3 is 5.97 Å². The zero-order valence-electron chi connectivity index (χ0n) is 12.6. The summed E-state index contributed by atoms with van der Waals surface area (Å²) in [6.45, 7) is 3.91. The van der Waals surface area contributed by atoms with Crippen LogP contribution >= 0.6 is 0 Å². The van der Waals surface area contributed by atoms with Crippen molar-refractivity contribution in [1.82, 2.24) is 5.32 Å². The Kier molecular flexibility index (Phi) is 6.88. The minimum Gasteiger partial charge on any atom is -0.481 e. The molecule has 1 amide bonds. The fourth-order valence-corrected chi connectivity index (χ4v) is 2.06. The third kappa shape index (κ3) is 5.55. The normalized spacial score (nSPS) is 15.0. The minimum atomic E-state index is -0.878. The Hall–Kier alpha value is -1.88. The number of amides is 1. The van der Waals surface area contributed by atoms with E-state index < -0.39 is 12.0 Å². The molecule has 0 fully saturated rings. The summed E-state index contributed by atoms with van der Waals surface area (Å²) < 4.78 is 0. The topological polar surface area (TPSA) is 92.4 Å². The molecular formula is C16H24N2O3. The number of nitrogens with two attached hydrogens (primary N) is 1. The Labute approximate surface area is 125 Å². The zero-order valence-corrected chi connectivity index (χ0v) is 12.6. The van der Waals surface area contributed by atoms with Crippen molar-refractivity contribution in [2.24, 2.45) is 11.7 Å². The van der Waals surface area contributed by atoms with Crippen LogP contribution < -0.4 is 11.1 Å². The lowest BCUT2D eigenvalue weighted by Crippen LogP contribution is -2.45. The van der Waals surface area contributed by atoms with E-state index in [9.17, 15) is 9.59 Å². The molecule has 3 unspecified atom stereocenters. The van der Waals surface area contributed by atoms with Crippen molar-refractivity contribution in [3.8, 4) is 0 Å². The molecule has 0 aliphatic carbocycles. The van der Waals surface area contributed by atoms with Crippen LogP contribution in [0.25, 0.3) is 0 Å². The third-order valence-corrected chi connectivity index (χ3v) is 3.73. The number of rotatable bonds is 8. The number of carbonyl (C=O) groups excluding carboxylic acids is 1. The van der Waals surface area contributed by atoms with E-state index in [1.54, 1.807) is 0 Å². The van der Waals surface area contributed by atoms with Gasteiger partial charge in [-0.25, -0.2) is 0 Å². The molecule has 0 aromatic heterocycles. The van der Waals surface area contributed by atoms with Crippen molar-refractivity contribution < 1.29 is 14.7 Å². The first kappa shape index (κ1) is 17.2. The number of benzene rings is 1. The molecule has 0 saturated heterocycles. The number of carbonyl (C=O) groups is 2. The summed E-state index contributed by atoms with van der Waals surface area (Å²) >= 11 is 0. The highest BCUT2D eigenvalue weighted by molar-refractivity contribution is 5.82. The third-order valence-electron chi connectivity index (χ3n) is 3.73. The summed E-state index contributed by atoms with van der Waals surface area (Å²) in [4.78, 5) is 23.0. The number of carboxylic acids is 1. The highest BCUT2D eigenvalue weighted by Gasteiger charge is 2.23. The maximum atomic E-state index is 12.2. The van der Waals surface area contributed by atoms with Crippen LogP contribution in [0.4, 0.5) is 0 Å². The molecule has 0 aliphatic heterocycles. The first-order valence-corrected chi connectivity index (χ1v) is 7.28. The average molecular weight is 292 g/mol. The van der Waals surface area contributed by atoms with Crippen molar-refractivity contribution in [1.29, 1.82) is 0 Å². The second-order valence-electron chi connectivity index (χ2n) is 5.32. The van der Waals surface area contributed by atoms with E-state index in [4.69, 9.17) is 10.8 Å². The lowest BCUT2D eigenvalue weighted by molar-refractivity contribution is -0.137. The highest BCUT2D eigenvalue weighted by atomic mass is 16.4. The fourth-order valence-electron chi connectivity index (χ4n) is 2.06. The average Bonchev–Trinajstić information content (AvgIpc) is 2.50. The molecule has 1 rings (SSSR count). The summed E-state index contributed by atoms with van der Waals surface area (Å²) in [6, 6.07) is 8.46. The zero-order chi connectivity index (χ0) is 15.8. The van der Waals surface area contributed by atoms with Crippen molar-refractivity contribution in [3.63, 3.8) is 0 Å². The van der Waals surface area contributed by atoms with Crippen LogP contribution in [0.1, 0.15) is 44.7 Å². The van der Waals surface area contributed by atoms with Crippen LogP contribution in [0.5, 0.6) is 0 Å². The quantitative estimate of drug-likeness (QED) is 0.684. The summed E-state index contributed by atoms with van der Waals surface area (Å²) in [5.74, 6) is -1.03. The molecule has 21 heavy (non-hydrogen) atoms. The largest absolute Gasteiger partial charge is 0.481 e. The lowest BCUT2D eigenvalue weighted by atomic mass is 9.97. The monoisotopic (exact) mass is 292 g/mol. The Balaban J connectivity index is 2.78. The molecular weight excluding hydrogens is 268 g/mol. The van der Waals surface area contributed by atoms with E-state index in [1.165, 1.54) is 0 Å². The number of aliphatic carboxylic acids is 1. The summed E-state index contributed by atoms with van der Waals surface area (Å²) in [5, 5.41) is 11.7. The van der Waals surface area contributed by atoms with Crippen molar-refractivity contribution in [2.75, 3.05) is 0 Å². The van der Waals surface area contributed by atoms with Crippen LogP contribution in [0.15, 0.2) is 30.3 Å². The molecule has 5 heteroatoms. The Morgan fingerprint density at radius 1 is 1.29 bits per heavy atom. The predicted octanol–water partition coefficient (Wildman–Crippen LogP) is 2.08. The number of hydrogen-bond acceptors (Lipinski definition) is 3. The first-order valence-electron chi connectivity index (χ1n) is 7.28. The predicted molar refractivity (Wildman–Crippen MR) is 81.6 cm³/mol. The van der Waals surface area contributed by atoms with Gasteiger partial charge in [0.15, 0.2) is 0 Å².